The first-order chi connectivity index (χ1) is 13.9. The summed E-state index contributed by atoms with van der Waals surface area (Å²) in [4.78, 5) is 0. The molecule has 0 atom stereocenters. The van der Waals surface area contributed by atoms with Crippen LogP contribution in [0.3, 0.4) is 0 Å². The van der Waals surface area contributed by atoms with E-state index in [-0.39, 0.29) is 16.2 Å². The van der Waals surface area contributed by atoms with Gasteiger partial charge in [-0.1, -0.05) is 75.0 Å². The molecule has 0 nitrogen and oxygen atoms in total. The van der Waals surface area contributed by atoms with E-state index < -0.39 is 14.1 Å². The molecule has 1 heteroatoms. The van der Waals surface area contributed by atoms with Gasteiger partial charge in [0, 0.05) is 0 Å². The fourth-order valence-corrected chi connectivity index (χ4v) is 12.7. The van der Waals surface area contributed by atoms with E-state index in [1.807, 2.05) is 0 Å². The summed E-state index contributed by atoms with van der Waals surface area (Å²) in [6.45, 7) is 36.4. The largest absolute Gasteiger partial charge is 0.373 e. The molecule has 0 amide bonds. The lowest BCUT2D eigenvalue weighted by Gasteiger charge is -2.41. The fourth-order valence-electron chi connectivity index (χ4n) is 7.03. The highest BCUT2D eigenvalue weighted by Crippen LogP contribution is 2.59. The van der Waals surface area contributed by atoms with E-state index in [9.17, 15) is 0 Å². The molecule has 0 heterocycles. The van der Waals surface area contributed by atoms with Crippen molar-refractivity contribution in [1.82, 2.24) is 0 Å². The Kier molecular flexibility index (Phi) is 5.74. The fraction of sp³-hybridized carbons (Fsp3) is 0.600. The van der Waals surface area contributed by atoms with Crippen LogP contribution in [0.25, 0.3) is 0 Å². The van der Waals surface area contributed by atoms with Crippen molar-refractivity contribution in [2.75, 3.05) is 0 Å². The Bertz CT molecular complexity index is 930. The molecule has 0 saturated heterocycles. The van der Waals surface area contributed by atoms with Crippen molar-refractivity contribution in [3.63, 3.8) is 0 Å². The maximum absolute atomic E-state index is 2.49. The molecule has 31 heavy (non-hydrogen) atoms. The van der Waals surface area contributed by atoms with Gasteiger partial charge in [-0.2, -0.15) is 0 Å². The summed E-state index contributed by atoms with van der Waals surface area (Å²) in [5.41, 5.74) is 14.4. The number of allylic oxidation sites excluding steroid dienone is 12. The third-order valence-corrected chi connectivity index (χ3v) is 15.5. The number of hydrogen-bond donors (Lipinski definition) is 0. The molecule has 0 aromatic carbocycles. The molecule has 0 fully saturated rings. The minimum absolute atomic E-state index is 0.132. The van der Waals surface area contributed by atoms with Crippen LogP contribution < -0.4 is 0 Å². The van der Waals surface area contributed by atoms with E-state index >= 15 is 0 Å². The molecule has 0 aromatic rings. The van der Waals surface area contributed by atoms with Gasteiger partial charge in [0.05, 0.1) is 0 Å². The molecule has 3 rings (SSSR count). The van der Waals surface area contributed by atoms with Crippen LogP contribution in [-0.2, 0) is 0 Å². The monoisotopic (exact) mass is 432 g/mol. The van der Waals surface area contributed by atoms with E-state index in [1.54, 1.807) is 46.7 Å². The zero-order valence-electron chi connectivity index (χ0n) is 23.1. The highest BCUT2D eigenvalue weighted by Gasteiger charge is 2.54. The van der Waals surface area contributed by atoms with E-state index in [0.29, 0.717) is 0 Å². The second kappa shape index (κ2) is 7.24. The molecule has 0 N–H and O–H groups in total. The van der Waals surface area contributed by atoms with Crippen LogP contribution in [0.4, 0.5) is 0 Å². The minimum atomic E-state index is -1.66. The van der Waals surface area contributed by atoms with Crippen LogP contribution in [-0.4, -0.2) is 14.1 Å². The van der Waals surface area contributed by atoms with Gasteiger partial charge >= 0.3 is 14.1 Å². The lowest BCUT2D eigenvalue weighted by Crippen LogP contribution is -2.41. The highest BCUT2D eigenvalue weighted by molar-refractivity contribution is 6.82. The summed E-state index contributed by atoms with van der Waals surface area (Å²) in [6, 6.07) is 0. The Morgan fingerprint density at radius 1 is 0.355 bits per heavy atom. The third kappa shape index (κ3) is 3.06. The van der Waals surface area contributed by atoms with Gasteiger partial charge in [-0.25, -0.2) is 0 Å². The van der Waals surface area contributed by atoms with Gasteiger partial charge in [-0.3, -0.25) is 0 Å². The Labute approximate surface area is 197 Å². The Balaban J connectivity index is 2.44. The number of hydrogen-bond acceptors (Lipinski definition) is 0. The molecule has 0 aliphatic heterocycles. The lowest BCUT2D eigenvalue weighted by molar-refractivity contribution is 0.541. The predicted molar refractivity (Wildman–Crippen MR) is 140 cm³/mol. The second-order valence-corrected chi connectivity index (χ2v) is 14.8. The quantitative estimate of drug-likeness (QED) is 0.390. The van der Waals surface area contributed by atoms with E-state index in [4.69, 9.17) is 0 Å². The van der Waals surface area contributed by atoms with Gasteiger partial charge in [0.2, 0.25) is 0 Å². The number of rotatable bonds is 3. The van der Waals surface area contributed by atoms with Crippen molar-refractivity contribution in [3.8, 4) is 0 Å². The summed E-state index contributed by atoms with van der Waals surface area (Å²) < 4.78 is 5.33. The van der Waals surface area contributed by atoms with Crippen molar-refractivity contribution in [3.05, 3.63) is 63.5 Å². The van der Waals surface area contributed by atoms with Gasteiger partial charge in [-0.15, -0.1) is 13.3 Å². The summed E-state index contributed by atoms with van der Waals surface area (Å²) in [5.74, 6) is 0. The molecule has 0 unspecified atom stereocenters. The smallest absolute Gasteiger partial charge is 0.108 e. The minimum Gasteiger partial charge on any atom is -0.108 e. The summed E-state index contributed by atoms with van der Waals surface area (Å²) in [7, 11) is 0. The Morgan fingerprint density at radius 2 is 0.548 bits per heavy atom. The van der Waals surface area contributed by atoms with E-state index in [2.05, 4.69) is 104 Å². The first kappa shape index (κ1) is 24.6. The van der Waals surface area contributed by atoms with Crippen LogP contribution in [0.15, 0.2) is 63.5 Å². The topological polar surface area (TPSA) is 0 Å². The van der Waals surface area contributed by atoms with Gasteiger partial charge < -0.3 is 0 Å². The first-order valence-electron chi connectivity index (χ1n) is 12.1. The summed E-state index contributed by atoms with van der Waals surface area (Å²) in [5, 5.41) is 0. The van der Waals surface area contributed by atoms with Crippen LogP contribution in [0.1, 0.15) is 104 Å². The maximum atomic E-state index is 2.49. The lowest BCUT2D eigenvalue weighted by atomic mass is 9.86. The van der Waals surface area contributed by atoms with Crippen molar-refractivity contribution in [2.45, 2.75) is 104 Å². The average Bonchev–Trinajstić information content (AvgIpc) is 2.99. The molecular formula is C30H45Al. The molecule has 3 aliphatic carbocycles. The Morgan fingerprint density at radius 3 is 0.677 bits per heavy atom. The van der Waals surface area contributed by atoms with Crippen LogP contribution in [0.5, 0.6) is 0 Å². The third-order valence-electron chi connectivity index (χ3n) is 10.3. The van der Waals surface area contributed by atoms with E-state index in [0.717, 1.165) is 0 Å². The van der Waals surface area contributed by atoms with Crippen LogP contribution >= 0.6 is 0 Å². The standard InChI is InChI=1S/3C10H15.Al/c3*1-7-6-10(4,5)9(3)8(7)2;/h3*1-5H3;. The van der Waals surface area contributed by atoms with Crippen LogP contribution in [0, 0.1) is 16.2 Å². The highest BCUT2D eigenvalue weighted by atomic mass is 27.2. The molecule has 0 saturated carbocycles. The van der Waals surface area contributed by atoms with Crippen molar-refractivity contribution in [1.29, 1.82) is 0 Å². The molecule has 0 spiro atoms. The molecule has 0 aromatic heterocycles. The van der Waals surface area contributed by atoms with Crippen LogP contribution in [0.2, 0.25) is 0 Å². The molecule has 0 bridgehead atoms. The predicted octanol–water partition coefficient (Wildman–Crippen LogP) is 9.18. The first-order valence-corrected chi connectivity index (χ1v) is 13.8. The average molecular weight is 433 g/mol. The normalized spacial score (nSPS) is 25.3. The SMILES string of the molecule is CC1=C(C)C(C)(C)[C]([Al]([C]2=C(C)C(C)=C(C)C2(C)C)[C]2=C(C)C(C)=C(C)C2(C)C)=C1C. The zero-order valence-corrected chi connectivity index (χ0v) is 24.2. The van der Waals surface area contributed by atoms with Gasteiger partial charge in [0.1, 0.15) is 0 Å². The van der Waals surface area contributed by atoms with Crippen molar-refractivity contribution in [2.24, 2.45) is 16.2 Å². The van der Waals surface area contributed by atoms with Gasteiger partial charge in [0.25, 0.3) is 0 Å². The van der Waals surface area contributed by atoms with Gasteiger partial charge in [-0.05, 0) is 95.3 Å². The molecule has 0 radical (unpaired) electrons. The summed E-state index contributed by atoms with van der Waals surface area (Å²) in [6.07, 6.45) is 0. The Hall–Kier alpha value is -1.03. The molecular weight excluding hydrogens is 387 g/mol. The second-order valence-electron chi connectivity index (χ2n) is 12.2. The zero-order chi connectivity index (χ0) is 24.0. The molecule has 168 valence electrons. The van der Waals surface area contributed by atoms with E-state index in [1.165, 1.54) is 16.7 Å². The maximum Gasteiger partial charge on any atom is 0.373 e. The molecule has 3 aliphatic rings. The van der Waals surface area contributed by atoms with Crippen molar-refractivity contribution < 1.29 is 0 Å². The summed E-state index contributed by atoms with van der Waals surface area (Å²) >= 11 is -1.66. The van der Waals surface area contributed by atoms with Crippen molar-refractivity contribution >= 4 is 14.1 Å². The van der Waals surface area contributed by atoms with Gasteiger partial charge in [0.15, 0.2) is 0 Å².